The Hall–Kier alpha value is -0.0800. The summed E-state index contributed by atoms with van der Waals surface area (Å²) in [6.07, 6.45) is 6.93. The maximum Gasteiger partial charge on any atom is -0.00161 e. The molecule has 0 aromatic heterocycles. The van der Waals surface area contributed by atoms with Crippen LogP contribution in [0.3, 0.4) is 0 Å². The summed E-state index contributed by atoms with van der Waals surface area (Å²) in [5, 5.41) is 3.25. The lowest BCUT2D eigenvalue weighted by Gasteiger charge is -2.31. The van der Waals surface area contributed by atoms with E-state index in [4.69, 9.17) is 0 Å². The quantitative estimate of drug-likeness (QED) is 0.703. The number of unbranched alkanes of at least 4 members (excludes halogenated alkanes) is 1. The number of piperidine rings is 1. The first-order chi connectivity index (χ1) is 6.86. The fourth-order valence-electron chi connectivity index (χ4n) is 2.23. The molecule has 1 aliphatic rings. The van der Waals surface area contributed by atoms with E-state index in [0.717, 1.165) is 5.92 Å². The Morgan fingerprint density at radius 1 is 1.29 bits per heavy atom. The third-order valence-corrected chi connectivity index (χ3v) is 3.34. The Bertz CT molecular complexity index is 112. The second-order valence-electron chi connectivity index (χ2n) is 4.53. The van der Waals surface area contributed by atoms with E-state index in [1.165, 1.54) is 58.3 Å². The maximum atomic E-state index is 3.25. The van der Waals surface area contributed by atoms with Crippen molar-refractivity contribution in [2.24, 2.45) is 5.92 Å². The fourth-order valence-corrected chi connectivity index (χ4v) is 2.23. The van der Waals surface area contributed by atoms with Crippen LogP contribution in [0.5, 0.6) is 0 Å². The summed E-state index contributed by atoms with van der Waals surface area (Å²) in [5.74, 6) is 0.986. The molecule has 84 valence electrons. The first-order valence-electron chi connectivity index (χ1n) is 6.23. The highest BCUT2D eigenvalue weighted by atomic mass is 15.1. The van der Waals surface area contributed by atoms with Gasteiger partial charge in [-0.15, -0.1) is 0 Å². The SMILES string of the molecule is CCCCN1CCC(CCNC)CC1. The lowest BCUT2D eigenvalue weighted by atomic mass is 9.93. The molecular formula is C12H26N2. The van der Waals surface area contributed by atoms with Gasteiger partial charge in [-0.05, 0) is 64.8 Å². The summed E-state index contributed by atoms with van der Waals surface area (Å²) < 4.78 is 0. The molecule has 0 saturated carbocycles. The zero-order valence-corrected chi connectivity index (χ0v) is 9.89. The molecule has 0 aliphatic carbocycles. The van der Waals surface area contributed by atoms with Gasteiger partial charge in [-0.25, -0.2) is 0 Å². The lowest BCUT2D eigenvalue weighted by molar-refractivity contribution is 0.177. The van der Waals surface area contributed by atoms with Gasteiger partial charge < -0.3 is 10.2 Å². The van der Waals surface area contributed by atoms with Crippen LogP contribution >= 0.6 is 0 Å². The molecule has 1 N–H and O–H groups in total. The summed E-state index contributed by atoms with van der Waals surface area (Å²) in [7, 11) is 2.05. The molecule has 1 fully saturated rings. The molecule has 0 radical (unpaired) electrons. The third-order valence-electron chi connectivity index (χ3n) is 3.34. The van der Waals surface area contributed by atoms with Crippen molar-refractivity contribution in [3.05, 3.63) is 0 Å². The highest BCUT2D eigenvalue weighted by Gasteiger charge is 2.17. The van der Waals surface area contributed by atoms with Gasteiger partial charge in [0.05, 0.1) is 0 Å². The molecule has 2 nitrogen and oxygen atoms in total. The molecule has 0 amide bonds. The molecule has 0 bridgehead atoms. The van der Waals surface area contributed by atoms with Crippen LogP contribution in [0.4, 0.5) is 0 Å². The largest absolute Gasteiger partial charge is 0.320 e. The Kier molecular flexibility index (Phi) is 6.20. The van der Waals surface area contributed by atoms with Gasteiger partial charge >= 0.3 is 0 Å². The number of rotatable bonds is 6. The number of hydrogen-bond acceptors (Lipinski definition) is 2. The molecule has 0 aromatic rings. The Morgan fingerprint density at radius 2 is 2.00 bits per heavy atom. The van der Waals surface area contributed by atoms with E-state index in [-0.39, 0.29) is 0 Å². The van der Waals surface area contributed by atoms with Crippen LogP contribution in [0, 0.1) is 5.92 Å². The normalized spacial score (nSPS) is 20.1. The molecule has 1 rings (SSSR count). The van der Waals surface area contributed by atoms with Gasteiger partial charge in [0, 0.05) is 0 Å². The average molecular weight is 198 g/mol. The molecule has 1 saturated heterocycles. The van der Waals surface area contributed by atoms with Gasteiger partial charge in [-0.3, -0.25) is 0 Å². The van der Waals surface area contributed by atoms with Crippen molar-refractivity contribution in [2.45, 2.75) is 39.0 Å². The van der Waals surface area contributed by atoms with Crippen molar-refractivity contribution in [1.82, 2.24) is 10.2 Å². The third kappa shape index (κ3) is 4.43. The zero-order valence-electron chi connectivity index (χ0n) is 9.89. The smallest absolute Gasteiger partial charge is 0.00161 e. The van der Waals surface area contributed by atoms with Crippen molar-refractivity contribution < 1.29 is 0 Å². The van der Waals surface area contributed by atoms with Gasteiger partial charge in [0.25, 0.3) is 0 Å². The molecule has 0 unspecified atom stereocenters. The topological polar surface area (TPSA) is 15.3 Å². The Balaban J connectivity index is 2.05. The molecule has 0 spiro atoms. The predicted molar refractivity (Wildman–Crippen MR) is 62.6 cm³/mol. The Labute approximate surface area is 89.1 Å². The van der Waals surface area contributed by atoms with E-state index < -0.39 is 0 Å². The van der Waals surface area contributed by atoms with Crippen LogP contribution in [0.1, 0.15) is 39.0 Å². The van der Waals surface area contributed by atoms with Crippen LogP contribution in [0.15, 0.2) is 0 Å². The van der Waals surface area contributed by atoms with E-state index in [9.17, 15) is 0 Å². The average Bonchev–Trinajstić information content (AvgIpc) is 2.25. The molecule has 0 aromatic carbocycles. The standard InChI is InChI=1S/C12H26N2/c1-3-4-9-14-10-6-12(7-11-14)5-8-13-2/h12-13H,3-11H2,1-2H3. The number of nitrogens with one attached hydrogen (secondary N) is 1. The lowest BCUT2D eigenvalue weighted by Crippen LogP contribution is -2.35. The number of hydrogen-bond donors (Lipinski definition) is 1. The first kappa shape index (κ1) is 12.0. The van der Waals surface area contributed by atoms with E-state index in [0.29, 0.717) is 0 Å². The first-order valence-corrected chi connectivity index (χ1v) is 6.23. The summed E-state index contributed by atoms with van der Waals surface area (Å²) in [6, 6.07) is 0. The van der Waals surface area contributed by atoms with Gasteiger partial charge in [-0.2, -0.15) is 0 Å². The van der Waals surface area contributed by atoms with Gasteiger partial charge in [-0.1, -0.05) is 13.3 Å². The van der Waals surface area contributed by atoms with E-state index >= 15 is 0 Å². The highest BCUT2D eigenvalue weighted by Crippen LogP contribution is 2.19. The van der Waals surface area contributed by atoms with Gasteiger partial charge in [0.2, 0.25) is 0 Å². The van der Waals surface area contributed by atoms with Crippen molar-refractivity contribution in [3.8, 4) is 0 Å². The minimum atomic E-state index is 0.986. The predicted octanol–water partition coefficient (Wildman–Crippen LogP) is 2.11. The second-order valence-corrected chi connectivity index (χ2v) is 4.53. The van der Waals surface area contributed by atoms with Crippen LogP contribution in [0.2, 0.25) is 0 Å². The van der Waals surface area contributed by atoms with Crippen LogP contribution < -0.4 is 5.32 Å². The van der Waals surface area contributed by atoms with Gasteiger partial charge in [0.15, 0.2) is 0 Å². The molecule has 1 heterocycles. The van der Waals surface area contributed by atoms with Crippen LogP contribution in [-0.4, -0.2) is 38.1 Å². The minimum absolute atomic E-state index is 0.986. The second kappa shape index (κ2) is 7.24. The maximum absolute atomic E-state index is 3.25. The molecule has 14 heavy (non-hydrogen) atoms. The van der Waals surface area contributed by atoms with Gasteiger partial charge in [0.1, 0.15) is 0 Å². The molecule has 1 aliphatic heterocycles. The summed E-state index contributed by atoms with van der Waals surface area (Å²) >= 11 is 0. The summed E-state index contributed by atoms with van der Waals surface area (Å²) in [6.45, 7) is 7.48. The highest BCUT2D eigenvalue weighted by molar-refractivity contribution is 4.72. The molecular weight excluding hydrogens is 172 g/mol. The van der Waals surface area contributed by atoms with Crippen LogP contribution in [-0.2, 0) is 0 Å². The zero-order chi connectivity index (χ0) is 10.2. The van der Waals surface area contributed by atoms with Crippen molar-refractivity contribution in [2.75, 3.05) is 33.2 Å². The fraction of sp³-hybridized carbons (Fsp3) is 1.00. The van der Waals surface area contributed by atoms with Crippen molar-refractivity contribution in [1.29, 1.82) is 0 Å². The summed E-state index contributed by atoms with van der Waals surface area (Å²) in [4.78, 5) is 2.64. The van der Waals surface area contributed by atoms with E-state index in [2.05, 4.69) is 24.2 Å². The van der Waals surface area contributed by atoms with E-state index in [1.54, 1.807) is 0 Å². The number of nitrogens with zero attached hydrogens (tertiary/aromatic N) is 1. The Morgan fingerprint density at radius 3 is 2.57 bits per heavy atom. The minimum Gasteiger partial charge on any atom is -0.320 e. The van der Waals surface area contributed by atoms with Crippen molar-refractivity contribution >= 4 is 0 Å². The number of likely N-dealkylation sites (tertiary alicyclic amines) is 1. The molecule has 0 atom stereocenters. The monoisotopic (exact) mass is 198 g/mol. The van der Waals surface area contributed by atoms with Crippen LogP contribution in [0.25, 0.3) is 0 Å². The summed E-state index contributed by atoms with van der Waals surface area (Å²) in [5.41, 5.74) is 0. The van der Waals surface area contributed by atoms with E-state index in [1.807, 2.05) is 0 Å². The van der Waals surface area contributed by atoms with Crippen molar-refractivity contribution in [3.63, 3.8) is 0 Å². The molecule has 2 heteroatoms.